The molecule has 1 amide bonds. The van der Waals surface area contributed by atoms with Crippen molar-refractivity contribution in [1.82, 2.24) is 9.80 Å². The van der Waals surface area contributed by atoms with Crippen LogP contribution >= 0.6 is 0 Å². The van der Waals surface area contributed by atoms with E-state index in [9.17, 15) is 4.79 Å². The molecule has 0 bridgehead atoms. The van der Waals surface area contributed by atoms with Crippen LogP contribution in [0.2, 0.25) is 0 Å². The molecule has 1 aromatic carbocycles. The maximum absolute atomic E-state index is 13.0. The van der Waals surface area contributed by atoms with Crippen LogP contribution in [0.15, 0.2) is 24.3 Å². The van der Waals surface area contributed by atoms with Gasteiger partial charge in [0.25, 0.3) is 0 Å². The number of likely N-dealkylation sites (tertiary alicyclic amines) is 1. The van der Waals surface area contributed by atoms with Crippen molar-refractivity contribution in [2.45, 2.75) is 63.6 Å². The maximum atomic E-state index is 13.0. The van der Waals surface area contributed by atoms with Gasteiger partial charge in [-0.1, -0.05) is 31.4 Å². The second kappa shape index (κ2) is 7.81. The number of carbonyl (C=O) groups is 1. The number of nitrogens with zero attached hydrogens (tertiary/aromatic N) is 3. The van der Waals surface area contributed by atoms with E-state index < -0.39 is 0 Å². The molecule has 0 spiro atoms. The molecule has 0 N–H and O–H groups in total. The zero-order valence-corrected chi connectivity index (χ0v) is 14.6. The van der Waals surface area contributed by atoms with Crippen molar-refractivity contribution in [1.29, 1.82) is 5.26 Å². The molecule has 1 heterocycles. The second-order valence-corrected chi connectivity index (χ2v) is 7.19. The standard InChI is InChI=1S/C20H27N3O/c1-22(15-17-11-9-16(14-21)10-12-17)20(24)19-8-4-5-13-23(19)18-6-2-3-7-18/h9-12,18-19H,2-8,13,15H2,1H3/t19-/m1/s1. The van der Waals surface area contributed by atoms with E-state index in [0.29, 0.717) is 18.2 Å². The number of hydrogen-bond donors (Lipinski definition) is 0. The second-order valence-electron chi connectivity index (χ2n) is 7.19. The first kappa shape index (κ1) is 17.0. The molecular formula is C20H27N3O. The van der Waals surface area contributed by atoms with Gasteiger partial charge in [0.05, 0.1) is 17.7 Å². The molecule has 3 rings (SSSR count). The molecule has 2 fully saturated rings. The van der Waals surface area contributed by atoms with Crippen molar-refractivity contribution < 1.29 is 4.79 Å². The lowest BCUT2D eigenvalue weighted by Gasteiger charge is -2.40. The number of amides is 1. The number of hydrogen-bond acceptors (Lipinski definition) is 3. The minimum Gasteiger partial charge on any atom is -0.340 e. The smallest absolute Gasteiger partial charge is 0.239 e. The highest BCUT2D eigenvalue weighted by atomic mass is 16.2. The molecule has 0 unspecified atom stereocenters. The average molecular weight is 325 g/mol. The molecule has 1 aliphatic carbocycles. The van der Waals surface area contributed by atoms with Gasteiger partial charge >= 0.3 is 0 Å². The van der Waals surface area contributed by atoms with Gasteiger partial charge in [0.15, 0.2) is 0 Å². The molecule has 0 aromatic heterocycles. The molecule has 2 aliphatic rings. The number of carbonyl (C=O) groups excluding carboxylic acids is 1. The zero-order chi connectivity index (χ0) is 16.9. The minimum atomic E-state index is 0.0604. The molecule has 4 nitrogen and oxygen atoms in total. The molecular weight excluding hydrogens is 298 g/mol. The fraction of sp³-hybridized carbons (Fsp3) is 0.600. The summed E-state index contributed by atoms with van der Waals surface area (Å²) >= 11 is 0. The van der Waals surface area contributed by atoms with Gasteiger partial charge in [0, 0.05) is 19.6 Å². The van der Waals surface area contributed by atoms with E-state index in [4.69, 9.17) is 5.26 Å². The Labute approximate surface area is 145 Å². The van der Waals surface area contributed by atoms with Gasteiger partial charge in [0.2, 0.25) is 5.91 Å². The van der Waals surface area contributed by atoms with Crippen molar-refractivity contribution in [3.63, 3.8) is 0 Å². The van der Waals surface area contributed by atoms with E-state index >= 15 is 0 Å². The van der Waals surface area contributed by atoms with Gasteiger partial charge in [-0.3, -0.25) is 9.69 Å². The normalized spacial score (nSPS) is 22.2. The first-order valence-electron chi connectivity index (χ1n) is 9.19. The predicted molar refractivity (Wildman–Crippen MR) is 94.2 cm³/mol. The van der Waals surface area contributed by atoms with Gasteiger partial charge in [-0.05, 0) is 49.9 Å². The molecule has 1 atom stereocenters. The zero-order valence-electron chi connectivity index (χ0n) is 14.6. The van der Waals surface area contributed by atoms with E-state index in [1.54, 1.807) is 0 Å². The van der Waals surface area contributed by atoms with Crippen LogP contribution in [0.3, 0.4) is 0 Å². The quantitative estimate of drug-likeness (QED) is 0.853. The number of likely N-dealkylation sites (N-methyl/N-ethyl adjacent to an activating group) is 1. The first-order valence-corrected chi connectivity index (χ1v) is 9.19. The summed E-state index contributed by atoms with van der Waals surface area (Å²) < 4.78 is 0. The Balaban J connectivity index is 1.65. The van der Waals surface area contributed by atoms with Crippen LogP contribution in [-0.4, -0.2) is 41.4 Å². The molecule has 1 aliphatic heterocycles. The fourth-order valence-corrected chi connectivity index (χ4v) is 4.18. The Morgan fingerprint density at radius 1 is 1.17 bits per heavy atom. The maximum Gasteiger partial charge on any atom is 0.239 e. The highest BCUT2D eigenvalue weighted by molar-refractivity contribution is 5.81. The number of nitriles is 1. The van der Waals surface area contributed by atoms with Crippen molar-refractivity contribution >= 4 is 5.91 Å². The summed E-state index contributed by atoms with van der Waals surface area (Å²) in [5.41, 5.74) is 1.74. The summed E-state index contributed by atoms with van der Waals surface area (Å²) in [6.45, 7) is 1.69. The van der Waals surface area contributed by atoms with Crippen LogP contribution in [0.5, 0.6) is 0 Å². The molecule has 24 heavy (non-hydrogen) atoms. The molecule has 128 valence electrons. The Morgan fingerprint density at radius 3 is 2.50 bits per heavy atom. The number of rotatable bonds is 4. The third-order valence-corrected chi connectivity index (χ3v) is 5.50. The van der Waals surface area contributed by atoms with Crippen LogP contribution in [-0.2, 0) is 11.3 Å². The predicted octanol–water partition coefficient (Wildman–Crippen LogP) is 3.31. The van der Waals surface area contributed by atoms with Gasteiger partial charge in [-0.25, -0.2) is 0 Å². The third-order valence-electron chi connectivity index (χ3n) is 5.50. The summed E-state index contributed by atoms with van der Waals surface area (Å²) in [6.07, 6.45) is 8.50. The Bertz CT molecular complexity index is 598. The lowest BCUT2D eigenvalue weighted by molar-refractivity contribution is -0.138. The first-order chi connectivity index (χ1) is 11.7. The number of piperidine rings is 1. The van der Waals surface area contributed by atoms with Crippen LogP contribution in [0.4, 0.5) is 0 Å². The van der Waals surface area contributed by atoms with Gasteiger partial charge in [-0.2, -0.15) is 5.26 Å². The lowest BCUT2D eigenvalue weighted by atomic mass is 9.97. The van der Waals surface area contributed by atoms with Crippen molar-refractivity contribution in [3.05, 3.63) is 35.4 Å². The van der Waals surface area contributed by atoms with Crippen molar-refractivity contribution in [2.24, 2.45) is 0 Å². The lowest BCUT2D eigenvalue weighted by Crippen LogP contribution is -2.53. The Hall–Kier alpha value is -1.86. The molecule has 1 saturated carbocycles. The summed E-state index contributed by atoms with van der Waals surface area (Å²) in [5, 5.41) is 8.88. The summed E-state index contributed by atoms with van der Waals surface area (Å²) in [7, 11) is 1.90. The summed E-state index contributed by atoms with van der Waals surface area (Å²) in [4.78, 5) is 17.4. The summed E-state index contributed by atoms with van der Waals surface area (Å²) in [5.74, 6) is 0.256. The molecule has 1 aromatic rings. The monoisotopic (exact) mass is 325 g/mol. The average Bonchev–Trinajstić information content (AvgIpc) is 3.16. The van der Waals surface area contributed by atoms with E-state index in [2.05, 4.69) is 11.0 Å². The SMILES string of the molecule is CN(Cc1ccc(C#N)cc1)C(=O)[C@H]1CCCCN1C1CCCC1. The Kier molecular flexibility index (Phi) is 5.52. The largest absolute Gasteiger partial charge is 0.340 e. The van der Waals surface area contributed by atoms with Crippen LogP contribution in [0.25, 0.3) is 0 Å². The highest BCUT2D eigenvalue weighted by Crippen LogP contribution is 2.30. The molecule has 1 saturated heterocycles. The van der Waals surface area contributed by atoms with E-state index in [1.807, 2.05) is 36.2 Å². The third kappa shape index (κ3) is 3.79. The van der Waals surface area contributed by atoms with Gasteiger partial charge < -0.3 is 4.90 Å². The highest BCUT2D eigenvalue weighted by Gasteiger charge is 2.35. The summed E-state index contributed by atoms with van der Waals surface area (Å²) in [6, 6.07) is 10.3. The van der Waals surface area contributed by atoms with Crippen molar-refractivity contribution in [2.75, 3.05) is 13.6 Å². The van der Waals surface area contributed by atoms with E-state index in [0.717, 1.165) is 24.9 Å². The van der Waals surface area contributed by atoms with E-state index in [1.165, 1.54) is 32.1 Å². The van der Waals surface area contributed by atoms with Gasteiger partial charge in [-0.15, -0.1) is 0 Å². The van der Waals surface area contributed by atoms with Crippen molar-refractivity contribution in [3.8, 4) is 6.07 Å². The fourth-order valence-electron chi connectivity index (χ4n) is 4.18. The number of benzene rings is 1. The Morgan fingerprint density at radius 2 is 1.83 bits per heavy atom. The van der Waals surface area contributed by atoms with Crippen LogP contribution in [0.1, 0.15) is 56.1 Å². The topological polar surface area (TPSA) is 47.3 Å². The van der Waals surface area contributed by atoms with Crippen LogP contribution in [0, 0.1) is 11.3 Å². The minimum absolute atomic E-state index is 0.0604. The molecule has 4 heteroatoms. The van der Waals surface area contributed by atoms with Gasteiger partial charge in [0.1, 0.15) is 0 Å². The van der Waals surface area contributed by atoms with E-state index in [-0.39, 0.29) is 11.9 Å². The van der Waals surface area contributed by atoms with Crippen LogP contribution < -0.4 is 0 Å². The molecule has 0 radical (unpaired) electrons.